The van der Waals surface area contributed by atoms with Crippen molar-refractivity contribution in [1.29, 1.82) is 0 Å². The van der Waals surface area contributed by atoms with Crippen molar-refractivity contribution >= 4 is 129 Å². The first kappa shape index (κ1) is 88.7. The fraction of sp³-hybridized carbons (Fsp3) is 0.556. The molecule has 19 N–H and O–H groups in total. The predicted octanol–water partition coefficient (Wildman–Crippen LogP) is -6.81. The van der Waals surface area contributed by atoms with Crippen molar-refractivity contribution in [2.45, 2.75) is 176 Å². The maximum atomic E-state index is 14.9. The summed E-state index contributed by atoms with van der Waals surface area (Å²) in [7, 11) is 2.53. The normalized spacial score (nSPS) is 25.8. The molecule has 0 saturated carbocycles. The number of piperidine rings is 1. The zero-order chi connectivity index (χ0) is 82.9. The number of aromatic nitrogens is 1. The number of amides is 17. The Morgan fingerprint density at radius 3 is 1.88 bits per heavy atom. The second-order valence-corrected chi connectivity index (χ2v) is 29.1. The number of carbonyl (C=O) groups excluding carboxylic acids is 17. The number of nitrogens with two attached hydrogens (primary N) is 2. The summed E-state index contributed by atoms with van der Waals surface area (Å²) in [4.78, 5) is 257. The number of phenols is 1. The van der Waals surface area contributed by atoms with E-state index in [0.29, 0.717) is 47.7 Å². The molecule has 0 radical (unpaired) electrons. The minimum atomic E-state index is -1.85. The van der Waals surface area contributed by atoms with Crippen LogP contribution >= 0.6 is 11.8 Å². The third kappa shape index (κ3) is 25.5. The third-order valence-electron chi connectivity index (χ3n) is 19.6. The predicted molar refractivity (Wildman–Crippen MR) is 400 cm³/mol. The van der Waals surface area contributed by atoms with E-state index in [-0.39, 0.29) is 57.4 Å². The van der Waals surface area contributed by atoms with Crippen LogP contribution in [0.2, 0.25) is 0 Å². The van der Waals surface area contributed by atoms with Crippen molar-refractivity contribution in [3.8, 4) is 5.75 Å². The Morgan fingerprint density at radius 2 is 1.22 bits per heavy atom. The number of likely N-dealkylation sites (N-methyl/N-ethyl adjacent to an activating group) is 2. The number of phenolic OH excluding ortho intramolecular Hbond substituents is 1. The number of aliphatic carboxylic acids is 1. The number of para-hydroxylation sites is 1. The van der Waals surface area contributed by atoms with Crippen LogP contribution in [0.25, 0.3) is 10.9 Å². The molecular formula is C72H100N18O22S. The van der Waals surface area contributed by atoms with E-state index >= 15 is 0 Å². The van der Waals surface area contributed by atoms with E-state index in [0.717, 1.165) is 36.3 Å². The number of primary amides is 2. The molecule has 4 saturated heterocycles. The average Bonchev–Trinajstić information content (AvgIpc) is 1.77. The number of nitrogens with one attached hydrogen (secondary N) is 11. The molecule has 12 atom stereocenters. The number of unbranched alkanes of at least 4 members (excludes halogenated alkanes) is 1. The number of carboxylic acids is 1. The van der Waals surface area contributed by atoms with Crippen LogP contribution < -0.4 is 64.6 Å². The Hall–Kier alpha value is -11.5. The first-order valence-corrected chi connectivity index (χ1v) is 38.2. The Morgan fingerprint density at radius 1 is 0.619 bits per heavy atom. The number of benzene rings is 2. The molecule has 0 aliphatic carbocycles. The molecule has 0 unspecified atom stereocenters. The van der Waals surface area contributed by atoms with Crippen molar-refractivity contribution in [3.05, 3.63) is 65.9 Å². The van der Waals surface area contributed by atoms with Gasteiger partial charge in [-0.05, 0) is 81.2 Å². The lowest BCUT2D eigenvalue weighted by molar-refractivity contribution is -0.149. The molecule has 7 rings (SSSR count). The number of thioether (sulfide) groups is 1. The lowest BCUT2D eigenvalue weighted by Gasteiger charge is -2.38. The summed E-state index contributed by atoms with van der Waals surface area (Å²) in [5, 5.41) is 66.6. The van der Waals surface area contributed by atoms with Gasteiger partial charge in [0.05, 0.1) is 51.1 Å². The summed E-state index contributed by atoms with van der Waals surface area (Å²) in [6.45, 7) is -1.90. The van der Waals surface area contributed by atoms with E-state index in [1.54, 1.807) is 30.5 Å². The number of aromatic hydroxyl groups is 1. The van der Waals surface area contributed by atoms with Crippen molar-refractivity contribution < 1.29 is 107 Å². The van der Waals surface area contributed by atoms with E-state index in [9.17, 15) is 107 Å². The number of carboxylic acid groups (broad SMARTS) is 1. The van der Waals surface area contributed by atoms with Gasteiger partial charge in [0.1, 0.15) is 72.2 Å². The molecule has 17 amide bonds. The van der Waals surface area contributed by atoms with Gasteiger partial charge >= 0.3 is 5.97 Å². The van der Waals surface area contributed by atoms with Crippen LogP contribution in [0.4, 0.5) is 0 Å². The van der Waals surface area contributed by atoms with Crippen LogP contribution in [0.15, 0.2) is 54.7 Å². The van der Waals surface area contributed by atoms with Crippen LogP contribution in [-0.4, -0.2) is 307 Å². The molecule has 2 aromatic carbocycles. The van der Waals surface area contributed by atoms with Gasteiger partial charge in [0.15, 0.2) is 0 Å². The quantitative estimate of drug-likeness (QED) is 0.0634. The minimum absolute atomic E-state index is 0.0154. The summed E-state index contributed by atoms with van der Waals surface area (Å²) in [5.41, 5.74) is 12.3. The van der Waals surface area contributed by atoms with E-state index in [1.807, 2.05) is 6.92 Å². The molecule has 113 heavy (non-hydrogen) atoms. The van der Waals surface area contributed by atoms with Crippen molar-refractivity contribution in [2.24, 2.45) is 11.5 Å². The number of carbonyl (C=O) groups is 18. The molecule has 616 valence electrons. The highest BCUT2D eigenvalue weighted by atomic mass is 32.2. The first-order chi connectivity index (χ1) is 53.7. The van der Waals surface area contributed by atoms with Gasteiger partial charge in [-0.3, -0.25) is 86.3 Å². The van der Waals surface area contributed by atoms with Gasteiger partial charge in [0.25, 0.3) is 0 Å². The lowest BCUT2D eigenvalue weighted by atomic mass is 9.97. The maximum Gasteiger partial charge on any atom is 0.305 e. The number of aromatic amines is 1. The lowest BCUT2D eigenvalue weighted by Crippen LogP contribution is -2.61. The summed E-state index contributed by atoms with van der Waals surface area (Å²) in [6, 6.07) is -4.31. The van der Waals surface area contributed by atoms with Crippen molar-refractivity contribution in [2.75, 3.05) is 78.0 Å². The summed E-state index contributed by atoms with van der Waals surface area (Å²) >= 11 is 0.780. The number of hydrogen-bond donors (Lipinski definition) is 17. The Kier molecular flexibility index (Phi) is 33.2. The number of nitrogens with zero attached hydrogens (tertiary/aromatic N) is 5. The van der Waals surface area contributed by atoms with Gasteiger partial charge in [-0.1, -0.05) is 50.1 Å². The average molecular weight is 1600 g/mol. The molecule has 0 bridgehead atoms. The SMILES string of the molecule is CCCC[C@H]1C(=O)N[C@@H](C)C(=O)N[C@H](C(=O)NCC(N)=O)CSCC(=O)N[C@@H](Cc2ccc(O)cc2)C(=O)N2CCCC[C@H]2C(=O)N[C@@H](CC(=O)O)C(=O)N2CCC[C@H]2C(=O)NCC(=O)N[C@@H](CCC(N)=O)C(=O)N2C[C@H](O)C[C@H]2C(=O)NCC(=O)N[C@@H](CO)C(=O)N[C@@H](Cc2c[nH]c3ccccc23)C(=O)N(C)CC(=O)N1C. The van der Waals surface area contributed by atoms with Crippen LogP contribution in [-0.2, 0) is 99.1 Å². The molecule has 3 aromatic rings. The molecule has 5 heterocycles. The number of H-pyrrole nitrogens is 1. The van der Waals surface area contributed by atoms with Crippen LogP contribution in [0, 0.1) is 0 Å². The molecule has 4 aliphatic heterocycles. The largest absolute Gasteiger partial charge is 0.508 e. The molecule has 0 spiro atoms. The Bertz CT molecular complexity index is 4030. The van der Waals surface area contributed by atoms with Gasteiger partial charge in [0, 0.05) is 82.3 Å². The Labute approximate surface area is 653 Å². The number of fused-ring (bicyclic) bond motifs is 4. The fourth-order valence-electron chi connectivity index (χ4n) is 13.6. The number of aliphatic hydroxyl groups excluding tert-OH is 2. The highest BCUT2D eigenvalue weighted by Crippen LogP contribution is 2.26. The molecule has 1 aromatic heterocycles. The van der Waals surface area contributed by atoms with E-state index < -0.39 is 255 Å². The van der Waals surface area contributed by atoms with E-state index in [1.165, 1.54) is 45.3 Å². The van der Waals surface area contributed by atoms with Gasteiger partial charge in [-0.2, -0.15) is 0 Å². The zero-order valence-electron chi connectivity index (χ0n) is 63.0. The van der Waals surface area contributed by atoms with E-state index in [4.69, 9.17) is 11.5 Å². The molecule has 4 fully saturated rings. The van der Waals surface area contributed by atoms with Gasteiger partial charge in [0.2, 0.25) is 100 Å². The minimum Gasteiger partial charge on any atom is -0.508 e. The second-order valence-electron chi connectivity index (χ2n) is 28.1. The van der Waals surface area contributed by atoms with Crippen molar-refractivity contribution in [3.63, 3.8) is 0 Å². The molecule has 41 heteroatoms. The smallest absolute Gasteiger partial charge is 0.305 e. The monoisotopic (exact) mass is 1600 g/mol. The van der Waals surface area contributed by atoms with Gasteiger partial charge in [-0.25, -0.2) is 0 Å². The fourth-order valence-corrected chi connectivity index (χ4v) is 14.4. The standard InChI is InChI=1S/C72H100N18O22S/c1-5-6-14-51-67(107)79-38(2)62(102)85-50(63(103)76-30-56(74)95)36-113-37-59(98)81-46(25-39-17-19-41(92)20-18-39)71(111)88-23-10-9-15-53(88)68(108)84-48(28-61(100)101)72(112)89-24-11-16-52(89)65(105)77-31-57(96)80-45(21-22-55(73)94)70(110)90-33-42(93)27-54(90)66(106)78-32-58(97)82-49(35-91)64(104)83-47(69(109)86(3)34-60(99)87(51)4)26-40-29-75-44-13-8-7-12-43(40)44/h7-8,12-13,17-20,29,38,42,45-54,75,91-93H,5-6,9-11,14-16,21-28,30-37H2,1-4H3,(H2,73,94)(H2,74,95)(H,76,103)(H,77,105)(H,78,106)(H,79,107)(H,80,96)(H,81,98)(H,82,97)(H,83,104)(H,84,108)(H,85,102)(H,100,101)/t38-,42+,45-,46-,47-,48-,49-,50-,51-,52-,53-,54-/m0/s1. The van der Waals surface area contributed by atoms with Crippen LogP contribution in [0.3, 0.4) is 0 Å². The number of rotatable bonds is 16. The number of hydrogen-bond acceptors (Lipinski definition) is 22. The summed E-state index contributed by atoms with van der Waals surface area (Å²) in [6.07, 6.45) is -0.901. The van der Waals surface area contributed by atoms with Crippen LogP contribution in [0.1, 0.15) is 102 Å². The molecular weight excluding hydrogens is 1500 g/mol. The third-order valence-corrected chi connectivity index (χ3v) is 20.6. The molecule has 40 nitrogen and oxygen atoms in total. The summed E-state index contributed by atoms with van der Waals surface area (Å²) in [5.74, 6) is -18.7. The maximum absolute atomic E-state index is 14.9. The summed E-state index contributed by atoms with van der Waals surface area (Å²) < 4.78 is 0. The van der Waals surface area contributed by atoms with E-state index in [2.05, 4.69) is 58.2 Å². The number of aliphatic hydroxyl groups is 2. The zero-order valence-corrected chi connectivity index (χ0v) is 63.8. The Balaban J connectivity index is 1.18. The van der Waals surface area contributed by atoms with Gasteiger partial charge in [-0.15, -0.1) is 11.8 Å². The van der Waals surface area contributed by atoms with Gasteiger partial charge < -0.3 is 115 Å². The second kappa shape index (κ2) is 42.2. The van der Waals surface area contributed by atoms with Crippen LogP contribution in [0.5, 0.6) is 5.75 Å². The highest BCUT2D eigenvalue weighted by molar-refractivity contribution is 8.00. The topological polar surface area (TPSA) is 593 Å². The highest BCUT2D eigenvalue weighted by Gasteiger charge is 2.45. The first-order valence-electron chi connectivity index (χ1n) is 37.0. The van der Waals surface area contributed by atoms with Crippen molar-refractivity contribution in [1.82, 2.24) is 82.7 Å². The molecule has 4 aliphatic rings.